The Balaban J connectivity index is 2.33. The first-order valence-electron chi connectivity index (χ1n) is 5.31. The van der Waals surface area contributed by atoms with Crippen molar-refractivity contribution in [2.45, 2.75) is 19.4 Å². The summed E-state index contributed by atoms with van der Waals surface area (Å²) in [6.07, 6.45) is 1.82. The summed E-state index contributed by atoms with van der Waals surface area (Å²) < 4.78 is 0. The summed E-state index contributed by atoms with van der Waals surface area (Å²) in [6, 6.07) is 7.90. The van der Waals surface area contributed by atoms with Crippen molar-refractivity contribution in [3.8, 4) is 0 Å². The first-order chi connectivity index (χ1) is 7.61. The van der Waals surface area contributed by atoms with Crippen LogP contribution in [0.25, 0.3) is 10.9 Å². The van der Waals surface area contributed by atoms with E-state index in [2.05, 4.69) is 15.3 Å². The molecule has 4 heteroatoms. The predicted molar refractivity (Wildman–Crippen MR) is 66.3 cm³/mol. The quantitative estimate of drug-likeness (QED) is 0.821. The molecule has 0 aliphatic carbocycles. The number of nitrogens with one attached hydrogen (secondary N) is 1. The third-order valence-electron chi connectivity index (χ3n) is 2.45. The smallest absolute Gasteiger partial charge is 0.223 e. The topological polar surface area (TPSA) is 63.8 Å². The van der Waals surface area contributed by atoms with Crippen LogP contribution in [0.3, 0.4) is 0 Å². The van der Waals surface area contributed by atoms with Crippen LogP contribution in [0.1, 0.15) is 13.8 Å². The van der Waals surface area contributed by atoms with Gasteiger partial charge in [0, 0.05) is 23.7 Å². The summed E-state index contributed by atoms with van der Waals surface area (Å²) in [7, 11) is 0. The Bertz CT molecular complexity index is 493. The Labute approximate surface area is 94.9 Å². The first-order valence-corrected chi connectivity index (χ1v) is 5.31. The van der Waals surface area contributed by atoms with E-state index >= 15 is 0 Å². The van der Waals surface area contributed by atoms with Crippen LogP contribution in [-0.4, -0.2) is 22.1 Å². The molecule has 4 nitrogen and oxygen atoms in total. The molecule has 0 unspecified atom stereocenters. The minimum Gasteiger partial charge on any atom is -0.348 e. The van der Waals surface area contributed by atoms with Gasteiger partial charge in [-0.05, 0) is 19.9 Å². The minimum atomic E-state index is -0.192. The van der Waals surface area contributed by atoms with Gasteiger partial charge in [0.05, 0.1) is 5.52 Å². The molecule has 1 heterocycles. The summed E-state index contributed by atoms with van der Waals surface area (Å²) in [5.74, 6) is 0.620. The van der Waals surface area contributed by atoms with Crippen molar-refractivity contribution < 1.29 is 0 Å². The van der Waals surface area contributed by atoms with Gasteiger partial charge >= 0.3 is 0 Å². The molecule has 2 rings (SSSR count). The lowest BCUT2D eigenvalue weighted by molar-refractivity contribution is 0.574. The van der Waals surface area contributed by atoms with Crippen molar-refractivity contribution in [3.05, 3.63) is 30.5 Å². The maximum Gasteiger partial charge on any atom is 0.223 e. The van der Waals surface area contributed by atoms with Crippen LogP contribution >= 0.6 is 0 Å². The highest BCUT2D eigenvalue weighted by molar-refractivity contribution is 5.78. The summed E-state index contributed by atoms with van der Waals surface area (Å²) >= 11 is 0. The summed E-state index contributed by atoms with van der Waals surface area (Å²) in [4.78, 5) is 8.69. The summed E-state index contributed by atoms with van der Waals surface area (Å²) in [6.45, 7) is 4.57. The molecule has 0 aliphatic heterocycles. The van der Waals surface area contributed by atoms with Gasteiger partial charge in [-0.3, -0.25) is 0 Å². The molecule has 3 N–H and O–H groups in total. The molecule has 0 bridgehead atoms. The molecule has 0 aliphatic rings. The summed E-state index contributed by atoms with van der Waals surface area (Å²) in [5, 5.41) is 4.25. The number of rotatable bonds is 3. The van der Waals surface area contributed by atoms with Gasteiger partial charge in [-0.25, -0.2) is 9.97 Å². The highest BCUT2D eigenvalue weighted by Crippen LogP contribution is 2.14. The molecule has 16 heavy (non-hydrogen) atoms. The van der Waals surface area contributed by atoms with E-state index in [1.807, 2.05) is 44.3 Å². The highest BCUT2D eigenvalue weighted by atomic mass is 15.1. The maximum absolute atomic E-state index is 5.65. The number of benzene rings is 1. The van der Waals surface area contributed by atoms with Gasteiger partial charge in [0.15, 0.2) is 0 Å². The number of nitrogens with two attached hydrogens (primary N) is 1. The predicted octanol–water partition coefficient (Wildman–Crippen LogP) is 1.78. The van der Waals surface area contributed by atoms with E-state index in [1.54, 1.807) is 0 Å². The van der Waals surface area contributed by atoms with Gasteiger partial charge in [-0.2, -0.15) is 0 Å². The zero-order valence-electron chi connectivity index (χ0n) is 9.57. The number of fused-ring (bicyclic) bond motifs is 1. The largest absolute Gasteiger partial charge is 0.348 e. The van der Waals surface area contributed by atoms with Crippen LogP contribution in [0.2, 0.25) is 0 Å². The van der Waals surface area contributed by atoms with Crippen molar-refractivity contribution in [2.24, 2.45) is 5.73 Å². The Hall–Kier alpha value is -1.68. The third-order valence-corrected chi connectivity index (χ3v) is 2.45. The van der Waals surface area contributed by atoms with Gasteiger partial charge in [0.1, 0.15) is 0 Å². The van der Waals surface area contributed by atoms with Gasteiger partial charge in [0.25, 0.3) is 0 Å². The lowest BCUT2D eigenvalue weighted by Gasteiger charge is -2.24. The zero-order chi connectivity index (χ0) is 11.6. The molecule has 0 saturated carbocycles. The molecular formula is C12H16N4. The van der Waals surface area contributed by atoms with E-state index in [1.165, 1.54) is 0 Å². The molecular weight excluding hydrogens is 200 g/mol. The molecule has 84 valence electrons. The molecule has 0 fully saturated rings. The van der Waals surface area contributed by atoms with Crippen LogP contribution < -0.4 is 11.1 Å². The highest BCUT2D eigenvalue weighted by Gasteiger charge is 2.16. The van der Waals surface area contributed by atoms with Crippen molar-refractivity contribution in [1.29, 1.82) is 0 Å². The van der Waals surface area contributed by atoms with Crippen molar-refractivity contribution in [1.82, 2.24) is 9.97 Å². The van der Waals surface area contributed by atoms with E-state index < -0.39 is 0 Å². The number of hydrogen-bond acceptors (Lipinski definition) is 4. The second-order valence-corrected chi connectivity index (χ2v) is 4.47. The molecule has 0 spiro atoms. The van der Waals surface area contributed by atoms with E-state index in [9.17, 15) is 0 Å². The second-order valence-electron chi connectivity index (χ2n) is 4.47. The Kier molecular flexibility index (Phi) is 2.75. The molecule has 0 amide bonds. The van der Waals surface area contributed by atoms with Crippen molar-refractivity contribution in [3.63, 3.8) is 0 Å². The van der Waals surface area contributed by atoms with Crippen LogP contribution in [0, 0.1) is 0 Å². The van der Waals surface area contributed by atoms with Gasteiger partial charge in [0.2, 0.25) is 5.95 Å². The minimum absolute atomic E-state index is 0.192. The zero-order valence-corrected chi connectivity index (χ0v) is 9.57. The monoisotopic (exact) mass is 216 g/mol. The normalized spacial score (nSPS) is 11.7. The lowest BCUT2D eigenvalue weighted by Crippen LogP contribution is -2.39. The summed E-state index contributed by atoms with van der Waals surface area (Å²) in [5.41, 5.74) is 6.39. The molecule has 0 atom stereocenters. The van der Waals surface area contributed by atoms with Crippen LogP contribution in [0.15, 0.2) is 30.5 Å². The fourth-order valence-electron chi connectivity index (χ4n) is 1.39. The Morgan fingerprint density at radius 2 is 2.06 bits per heavy atom. The van der Waals surface area contributed by atoms with Crippen LogP contribution in [0.4, 0.5) is 5.95 Å². The Morgan fingerprint density at radius 1 is 1.31 bits per heavy atom. The first kappa shape index (κ1) is 10.8. The average Bonchev–Trinajstić information content (AvgIpc) is 2.28. The van der Waals surface area contributed by atoms with Crippen molar-refractivity contribution in [2.75, 3.05) is 11.9 Å². The van der Waals surface area contributed by atoms with Gasteiger partial charge in [-0.1, -0.05) is 18.2 Å². The number of anilines is 1. The molecule has 1 aromatic carbocycles. The Morgan fingerprint density at radius 3 is 2.81 bits per heavy atom. The fraction of sp³-hybridized carbons (Fsp3) is 0.333. The number of nitrogens with zero attached hydrogens (tertiary/aromatic N) is 2. The SMILES string of the molecule is CC(C)(CN)Nc1ncc2ccccc2n1. The van der Waals surface area contributed by atoms with E-state index in [0.717, 1.165) is 10.9 Å². The molecule has 0 radical (unpaired) electrons. The van der Waals surface area contributed by atoms with E-state index in [-0.39, 0.29) is 5.54 Å². The van der Waals surface area contributed by atoms with Gasteiger partial charge in [-0.15, -0.1) is 0 Å². The molecule has 2 aromatic rings. The third kappa shape index (κ3) is 2.28. The van der Waals surface area contributed by atoms with Gasteiger partial charge < -0.3 is 11.1 Å². The maximum atomic E-state index is 5.65. The molecule has 0 saturated heterocycles. The lowest BCUT2D eigenvalue weighted by atomic mass is 10.1. The average molecular weight is 216 g/mol. The fourth-order valence-corrected chi connectivity index (χ4v) is 1.39. The number of hydrogen-bond donors (Lipinski definition) is 2. The number of para-hydroxylation sites is 1. The van der Waals surface area contributed by atoms with Crippen LogP contribution in [-0.2, 0) is 0 Å². The number of aromatic nitrogens is 2. The van der Waals surface area contributed by atoms with E-state index in [0.29, 0.717) is 12.5 Å². The van der Waals surface area contributed by atoms with E-state index in [4.69, 9.17) is 5.73 Å². The van der Waals surface area contributed by atoms with Crippen LogP contribution in [0.5, 0.6) is 0 Å². The van der Waals surface area contributed by atoms with Crippen molar-refractivity contribution >= 4 is 16.9 Å². The molecule has 1 aromatic heterocycles. The standard InChI is InChI=1S/C12H16N4/c1-12(2,8-13)16-11-14-7-9-5-3-4-6-10(9)15-11/h3-7H,8,13H2,1-2H3,(H,14,15,16). The second kappa shape index (κ2) is 4.06.